The minimum absolute atomic E-state index is 0.340. The molecule has 0 spiro atoms. The predicted molar refractivity (Wildman–Crippen MR) is 85.9 cm³/mol. The summed E-state index contributed by atoms with van der Waals surface area (Å²) >= 11 is 0. The molecule has 0 radical (unpaired) electrons. The Bertz CT molecular complexity index is 478. The molecule has 1 aromatic heterocycles. The molecule has 1 N–H and O–H groups in total. The van der Waals surface area contributed by atoms with Crippen molar-refractivity contribution >= 4 is 11.0 Å². The van der Waals surface area contributed by atoms with Gasteiger partial charge in [-0.15, -0.1) is 0 Å². The maximum Gasteiger partial charge on any atom is 0.134 e. The highest BCUT2D eigenvalue weighted by Crippen LogP contribution is 2.33. The molecular formula is C18H27NO. The van der Waals surface area contributed by atoms with Gasteiger partial charge in [0.25, 0.3) is 0 Å². The van der Waals surface area contributed by atoms with Gasteiger partial charge in [0.1, 0.15) is 11.3 Å². The molecule has 2 nitrogen and oxygen atoms in total. The van der Waals surface area contributed by atoms with Gasteiger partial charge in [0.05, 0.1) is 6.04 Å². The van der Waals surface area contributed by atoms with Crippen LogP contribution in [-0.2, 0) is 0 Å². The zero-order chi connectivity index (χ0) is 14.4. The van der Waals surface area contributed by atoms with Gasteiger partial charge < -0.3 is 9.73 Å². The van der Waals surface area contributed by atoms with Gasteiger partial charge in [-0.3, -0.25) is 0 Å². The summed E-state index contributed by atoms with van der Waals surface area (Å²) in [6, 6.07) is 10.8. The van der Waals surface area contributed by atoms with E-state index in [1.165, 1.54) is 31.1 Å². The van der Waals surface area contributed by atoms with Crippen molar-refractivity contribution < 1.29 is 4.42 Å². The van der Waals surface area contributed by atoms with E-state index in [2.05, 4.69) is 50.4 Å². The van der Waals surface area contributed by atoms with Gasteiger partial charge in [-0.05, 0) is 37.4 Å². The molecule has 0 aliphatic heterocycles. The molecule has 110 valence electrons. The number of fused-ring (bicyclic) bond motifs is 1. The van der Waals surface area contributed by atoms with E-state index in [1.807, 2.05) is 6.07 Å². The molecule has 0 saturated carbocycles. The van der Waals surface area contributed by atoms with Crippen LogP contribution < -0.4 is 5.32 Å². The average molecular weight is 273 g/mol. The lowest BCUT2D eigenvalue weighted by molar-refractivity contribution is 0.285. The lowest BCUT2D eigenvalue weighted by Gasteiger charge is -2.25. The molecule has 1 aromatic carbocycles. The lowest BCUT2D eigenvalue weighted by Crippen LogP contribution is -2.28. The number of hydrogen-bond acceptors (Lipinski definition) is 2. The number of hydrogen-bond donors (Lipinski definition) is 1. The third-order valence-corrected chi connectivity index (χ3v) is 3.97. The molecule has 2 rings (SSSR count). The second-order valence-corrected chi connectivity index (χ2v) is 5.56. The fourth-order valence-corrected chi connectivity index (χ4v) is 3.09. The average Bonchev–Trinajstić information content (AvgIpc) is 2.88. The van der Waals surface area contributed by atoms with E-state index in [4.69, 9.17) is 4.42 Å². The highest BCUT2D eigenvalue weighted by Gasteiger charge is 2.24. The summed E-state index contributed by atoms with van der Waals surface area (Å²) < 4.78 is 6.09. The Morgan fingerprint density at radius 1 is 1.05 bits per heavy atom. The zero-order valence-corrected chi connectivity index (χ0v) is 13.0. The van der Waals surface area contributed by atoms with Crippen molar-refractivity contribution in [1.82, 2.24) is 5.32 Å². The molecular weight excluding hydrogens is 246 g/mol. The van der Waals surface area contributed by atoms with Crippen molar-refractivity contribution in [2.24, 2.45) is 5.92 Å². The standard InChI is InChI=1S/C18H27NO/c1-4-9-14(10-5-2)18(19-6-3)17-13-15-11-7-8-12-16(15)20-17/h7-8,11-14,18-19H,4-6,9-10H2,1-3H3. The number of rotatable bonds is 8. The molecule has 0 saturated heterocycles. The minimum atomic E-state index is 0.340. The van der Waals surface area contributed by atoms with E-state index in [-0.39, 0.29) is 0 Å². The Hall–Kier alpha value is -1.28. The largest absolute Gasteiger partial charge is 0.459 e. The lowest BCUT2D eigenvalue weighted by atomic mass is 9.89. The van der Waals surface area contributed by atoms with Crippen molar-refractivity contribution in [3.05, 3.63) is 36.1 Å². The van der Waals surface area contributed by atoms with E-state index in [0.717, 1.165) is 17.9 Å². The summed E-state index contributed by atoms with van der Waals surface area (Å²) in [7, 11) is 0. The molecule has 0 bridgehead atoms. The van der Waals surface area contributed by atoms with Gasteiger partial charge in [0, 0.05) is 5.39 Å². The third-order valence-electron chi connectivity index (χ3n) is 3.97. The zero-order valence-electron chi connectivity index (χ0n) is 13.0. The van der Waals surface area contributed by atoms with Crippen LogP contribution >= 0.6 is 0 Å². The number of furan rings is 1. The first-order chi connectivity index (χ1) is 9.80. The van der Waals surface area contributed by atoms with E-state index < -0.39 is 0 Å². The highest BCUT2D eigenvalue weighted by molar-refractivity contribution is 5.77. The van der Waals surface area contributed by atoms with Crippen molar-refractivity contribution in [2.45, 2.75) is 52.5 Å². The van der Waals surface area contributed by atoms with Crippen LogP contribution in [0.1, 0.15) is 58.3 Å². The van der Waals surface area contributed by atoms with Crippen molar-refractivity contribution in [3.63, 3.8) is 0 Å². The fourth-order valence-electron chi connectivity index (χ4n) is 3.09. The molecule has 1 unspecified atom stereocenters. The summed E-state index contributed by atoms with van der Waals surface area (Å²) in [5.74, 6) is 1.76. The maximum absolute atomic E-state index is 6.09. The first kappa shape index (κ1) is 15.1. The van der Waals surface area contributed by atoms with Crippen LogP contribution in [0, 0.1) is 5.92 Å². The van der Waals surface area contributed by atoms with Gasteiger partial charge in [0.2, 0.25) is 0 Å². The number of nitrogens with one attached hydrogen (secondary N) is 1. The minimum Gasteiger partial charge on any atom is -0.459 e. The summed E-state index contributed by atoms with van der Waals surface area (Å²) in [5, 5.41) is 4.84. The smallest absolute Gasteiger partial charge is 0.134 e. The van der Waals surface area contributed by atoms with Crippen molar-refractivity contribution in [1.29, 1.82) is 0 Å². The Kier molecular flexibility index (Phi) is 5.66. The second kappa shape index (κ2) is 7.49. The monoisotopic (exact) mass is 273 g/mol. The highest BCUT2D eigenvalue weighted by atomic mass is 16.3. The van der Waals surface area contributed by atoms with Crippen LogP contribution in [0.4, 0.5) is 0 Å². The first-order valence-corrected chi connectivity index (χ1v) is 8.02. The Labute approximate surface area is 122 Å². The fraction of sp³-hybridized carbons (Fsp3) is 0.556. The maximum atomic E-state index is 6.09. The molecule has 2 heteroatoms. The normalized spacial score (nSPS) is 13.2. The molecule has 1 heterocycles. The summed E-state index contributed by atoms with van der Waals surface area (Å²) in [6.45, 7) is 7.69. The Morgan fingerprint density at radius 3 is 2.35 bits per heavy atom. The van der Waals surface area contributed by atoms with E-state index in [0.29, 0.717) is 12.0 Å². The van der Waals surface area contributed by atoms with Crippen LogP contribution in [0.25, 0.3) is 11.0 Å². The molecule has 0 fully saturated rings. The SMILES string of the molecule is CCCC(CCC)C(NCC)c1cc2ccccc2o1. The van der Waals surface area contributed by atoms with Gasteiger partial charge in [-0.2, -0.15) is 0 Å². The van der Waals surface area contributed by atoms with Crippen LogP contribution in [0.3, 0.4) is 0 Å². The van der Waals surface area contributed by atoms with Crippen LogP contribution in [-0.4, -0.2) is 6.54 Å². The van der Waals surface area contributed by atoms with Gasteiger partial charge >= 0.3 is 0 Å². The summed E-state index contributed by atoms with van der Waals surface area (Å²) in [6.07, 6.45) is 4.96. The Balaban J connectivity index is 2.29. The molecule has 0 aliphatic rings. The van der Waals surface area contributed by atoms with E-state index in [9.17, 15) is 0 Å². The van der Waals surface area contributed by atoms with Gasteiger partial charge in [-0.1, -0.05) is 51.8 Å². The molecule has 1 atom stereocenters. The molecule has 2 aromatic rings. The topological polar surface area (TPSA) is 25.2 Å². The number of benzene rings is 1. The first-order valence-electron chi connectivity index (χ1n) is 8.02. The van der Waals surface area contributed by atoms with Crippen molar-refractivity contribution in [2.75, 3.05) is 6.54 Å². The molecule has 0 amide bonds. The van der Waals surface area contributed by atoms with Crippen LogP contribution in [0.2, 0.25) is 0 Å². The van der Waals surface area contributed by atoms with E-state index in [1.54, 1.807) is 0 Å². The quantitative estimate of drug-likeness (QED) is 0.706. The predicted octanol–water partition coefficient (Wildman–Crippen LogP) is 5.30. The van der Waals surface area contributed by atoms with Crippen LogP contribution in [0.15, 0.2) is 34.7 Å². The summed E-state index contributed by atoms with van der Waals surface area (Å²) in [4.78, 5) is 0. The van der Waals surface area contributed by atoms with Gasteiger partial charge in [0.15, 0.2) is 0 Å². The second-order valence-electron chi connectivity index (χ2n) is 5.56. The van der Waals surface area contributed by atoms with Crippen LogP contribution in [0.5, 0.6) is 0 Å². The Morgan fingerprint density at radius 2 is 1.75 bits per heavy atom. The molecule has 0 aliphatic carbocycles. The third kappa shape index (κ3) is 3.43. The van der Waals surface area contributed by atoms with Gasteiger partial charge in [-0.25, -0.2) is 0 Å². The molecule has 20 heavy (non-hydrogen) atoms. The summed E-state index contributed by atoms with van der Waals surface area (Å²) in [5.41, 5.74) is 0.997. The van der Waals surface area contributed by atoms with E-state index >= 15 is 0 Å². The number of para-hydroxylation sites is 1. The van der Waals surface area contributed by atoms with Crippen molar-refractivity contribution in [3.8, 4) is 0 Å².